The molecule has 0 N–H and O–H groups in total. The van der Waals surface area contributed by atoms with Gasteiger partial charge in [-0.05, 0) is 47.5 Å². The molecule has 0 aliphatic carbocycles. The summed E-state index contributed by atoms with van der Waals surface area (Å²) in [5.41, 5.74) is 7.57. The van der Waals surface area contributed by atoms with Gasteiger partial charge >= 0.3 is 0 Å². The van der Waals surface area contributed by atoms with Crippen LogP contribution in [-0.2, 0) is 4.79 Å². The predicted molar refractivity (Wildman–Crippen MR) is 136 cm³/mol. The highest BCUT2D eigenvalue weighted by molar-refractivity contribution is 5.94. The monoisotopic (exact) mass is 447 g/mol. The van der Waals surface area contributed by atoms with E-state index in [-0.39, 0.29) is 5.91 Å². The smallest absolute Gasteiger partial charge is 0.219 e. The average Bonchev–Trinajstić information content (AvgIpc) is 3.31. The van der Waals surface area contributed by atoms with Gasteiger partial charge in [0.2, 0.25) is 5.91 Å². The van der Waals surface area contributed by atoms with E-state index in [2.05, 4.69) is 69.0 Å². The topological polar surface area (TPSA) is 53.7 Å². The van der Waals surface area contributed by atoms with E-state index in [4.69, 9.17) is 4.98 Å². The van der Waals surface area contributed by atoms with Gasteiger partial charge in [0.05, 0.1) is 17.4 Å². The van der Waals surface area contributed by atoms with Crippen molar-refractivity contribution in [1.29, 1.82) is 0 Å². The van der Waals surface area contributed by atoms with Crippen LogP contribution in [0.15, 0.2) is 85.3 Å². The fourth-order valence-electron chi connectivity index (χ4n) is 4.83. The molecule has 34 heavy (non-hydrogen) atoms. The first-order chi connectivity index (χ1) is 16.7. The number of aromatic nitrogens is 3. The molecule has 0 radical (unpaired) electrons. The Balaban J connectivity index is 1.27. The largest absolute Gasteiger partial charge is 0.368 e. The molecule has 1 amide bonds. The molecule has 3 aromatic heterocycles. The van der Waals surface area contributed by atoms with Gasteiger partial charge in [-0.15, -0.1) is 0 Å². The highest BCUT2D eigenvalue weighted by Crippen LogP contribution is 2.30. The number of nitrogens with zero attached hydrogens (tertiary/aromatic N) is 5. The highest BCUT2D eigenvalue weighted by atomic mass is 16.2. The van der Waals surface area contributed by atoms with Gasteiger partial charge in [-0.25, -0.2) is 4.98 Å². The van der Waals surface area contributed by atoms with E-state index in [1.165, 1.54) is 5.69 Å². The molecule has 6 heteroatoms. The maximum atomic E-state index is 11.6. The summed E-state index contributed by atoms with van der Waals surface area (Å²) in [7, 11) is 0. The van der Waals surface area contributed by atoms with E-state index in [1.807, 2.05) is 35.5 Å². The molecule has 6 rings (SSSR count). The summed E-state index contributed by atoms with van der Waals surface area (Å²) in [6, 6.07) is 23.2. The van der Waals surface area contributed by atoms with Crippen molar-refractivity contribution >= 4 is 28.1 Å². The SMILES string of the molecule is CC(=O)N1CCN(c2ccc(-c3ccn4c(-c5cccc6ncccc56)cnc4c3)cc2)CC1. The van der Waals surface area contributed by atoms with Gasteiger partial charge < -0.3 is 9.80 Å². The van der Waals surface area contributed by atoms with E-state index in [9.17, 15) is 4.79 Å². The molecule has 5 aromatic rings. The third-order valence-electron chi connectivity index (χ3n) is 6.73. The number of anilines is 1. The van der Waals surface area contributed by atoms with E-state index in [0.29, 0.717) is 0 Å². The van der Waals surface area contributed by atoms with Crippen LogP contribution in [0.3, 0.4) is 0 Å². The lowest BCUT2D eigenvalue weighted by molar-refractivity contribution is -0.129. The molecule has 1 aliphatic rings. The summed E-state index contributed by atoms with van der Waals surface area (Å²) in [5.74, 6) is 0.157. The number of carbonyl (C=O) groups is 1. The van der Waals surface area contributed by atoms with Crippen molar-refractivity contribution in [2.24, 2.45) is 0 Å². The first-order valence-electron chi connectivity index (χ1n) is 11.6. The Bertz CT molecular complexity index is 1490. The molecule has 1 saturated heterocycles. The Kier molecular flexibility index (Phi) is 4.99. The molecule has 0 saturated carbocycles. The van der Waals surface area contributed by atoms with Crippen molar-refractivity contribution < 1.29 is 4.79 Å². The minimum Gasteiger partial charge on any atom is -0.368 e. The maximum Gasteiger partial charge on any atom is 0.219 e. The summed E-state index contributed by atoms with van der Waals surface area (Å²) in [6.45, 7) is 4.94. The van der Waals surface area contributed by atoms with Crippen LogP contribution in [0.25, 0.3) is 38.9 Å². The summed E-state index contributed by atoms with van der Waals surface area (Å²) >= 11 is 0. The molecule has 6 nitrogen and oxygen atoms in total. The zero-order valence-corrected chi connectivity index (χ0v) is 19.1. The number of imidazole rings is 1. The molecule has 2 aromatic carbocycles. The molecule has 1 fully saturated rings. The third kappa shape index (κ3) is 3.57. The van der Waals surface area contributed by atoms with Gasteiger partial charge in [0.15, 0.2) is 0 Å². The highest BCUT2D eigenvalue weighted by Gasteiger charge is 2.18. The lowest BCUT2D eigenvalue weighted by atomic mass is 10.1. The number of piperazine rings is 1. The number of fused-ring (bicyclic) bond motifs is 2. The molecule has 0 spiro atoms. The van der Waals surface area contributed by atoms with E-state index < -0.39 is 0 Å². The van der Waals surface area contributed by atoms with Crippen molar-refractivity contribution in [3.63, 3.8) is 0 Å². The Hall–Kier alpha value is -4.19. The van der Waals surface area contributed by atoms with Gasteiger partial charge in [0.1, 0.15) is 5.65 Å². The fraction of sp³-hybridized carbons (Fsp3) is 0.179. The van der Waals surface area contributed by atoms with Crippen LogP contribution in [-0.4, -0.2) is 51.4 Å². The van der Waals surface area contributed by atoms with Gasteiger partial charge in [0.25, 0.3) is 0 Å². The van der Waals surface area contributed by atoms with Crippen LogP contribution in [0.1, 0.15) is 6.92 Å². The minimum absolute atomic E-state index is 0.157. The molecular formula is C28H25N5O. The number of pyridine rings is 2. The van der Waals surface area contributed by atoms with Crippen molar-refractivity contribution in [2.75, 3.05) is 31.1 Å². The number of carbonyl (C=O) groups excluding carboxylic acids is 1. The number of amides is 1. The molecular weight excluding hydrogens is 422 g/mol. The standard InChI is InChI=1S/C28H25N5O/c1-20(34)31-14-16-32(17-15-31)23-9-7-21(8-10-23)22-11-13-33-27(19-30-28(33)18-22)25-4-2-6-26-24(25)5-3-12-29-26/h2-13,18-19H,14-17H2,1H3. The van der Waals surface area contributed by atoms with Crippen LogP contribution in [0, 0.1) is 0 Å². The van der Waals surface area contributed by atoms with Crippen molar-refractivity contribution in [3.05, 3.63) is 85.3 Å². The van der Waals surface area contributed by atoms with Crippen LogP contribution in [0.2, 0.25) is 0 Å². The Morgan fingerprint density at radius 3 is 2.47 bits per heavy atom. The second-order valence-corrected chi connectivity index (χ2v) is 8.70. The first-order valence-corrected chi connectivity index (χ1v) is 11.6. The van der Waals surface area contributed by atoms with Crippen molar-refractivity contribution in [3.8, 4) is 22.4 Å². The van der Waals surface area contributed by atoms with Gasteiger partial charge in [-0.3, -0.25) is 14.2 Å². The second-order valence-electron chi connectivity index (χ2n) is 8.70. The average molecular weight is 448 g/mol. The summed E-state index contributed by atoms with van der Waals surface area (Å²) < 4.78 is 2.13. The van der Waals surface area contributed by atoms with Crippen molar-refractivity contribution in [2.45, 2.75) is 6.92 Å². The molecule has 0 unspecified atom stereocenters. The predicted octanol–water partition coefficient (Wildman–Crippen LogP) is 4.89. The van der Waals surface area contributed by atoms with E-state index in [0.717, 1.165) is 65.1 Å². The zero-order chi connectivity index (χ0) is 23.1. The zero-order valence-electron chi connectivity index (χ0n) is 19.1. The fourth-order valence-corrected chi connectivity index (χ4v) is 4.83. The summed E-state index contributed by atoms with van der Waals surface area (Å²) in [6.07, 6.45) is 5.85. The number of benzene rings is 2. The summed E-state index contributed by atoms with van der Waals surface area (Å²) in [4.78, 5) is 25.0. The number of hydrogen-bond donors (Lipinski definition) is 0. The molecule has 0 atom stereocenters. The number of hydrogen-bond acceptors (Lipinski definition) is 4. The quantitative estimate of drug-likeness (QED) is 0.395. The van der Waals surface area contributed by atoms with Gasteiger partial charge in [0, 0.05) is 62.1 Å². The van der Waals surface area contributed by atoms with Crippen LogP contribution in [0.5, 0.6) is 0 Å². The molecule has 4 heterocycles. The van der Waals surface area contributed by atoms with Gasteiger partial charge in [-0.1, -0.05) is 30.3 Å². The third-order valence-corrected chi connectivity index (χ3v) is 6.73. The van der Waals surface area contributed by atoms with E-state index >= 15 is 0 Å². The van der Waals surface area contributed by atoms with Crippen LogP contribution in [0.4, 0.5) is 5.69 Å². The first kappa shape index (κ1) is 20.4. The van der Waals surface area contributed by atoms with Crippen molar-refractivity contribution in [1.82, 2.24) is 19.3 Å². The minimum atomic E-state index is 0.157. The molecule has 0 bridgehead atoms. The molecule has 168 valence electrons. The normalized spacial score (nSPS) is 14.1. The number of rotatable bonds is 3. The van der Waals surface area contributed by atoms with E-state index in [1.54, 1.807) is 6.92 Å². The van der Waals surface area contributed by atoms with Crippen LogP contribution < -0.4 is 4.90 Å². The molecule has 1 aliphatic heterocycles. The summed E-state index contributed by atoms with van der Waals surface area (Å²) in [5, 5.41) is 1.12. The maximum absolute atomic E-state index is 11.6. The Morgan fingerprint density at radius 2 is 1.68 bits per heavy atom. The lowest BCUT2D eigenvalue weighted by Gasteiger charge is -2.35. The Labute approximate surface area is 198 Å². The van der Waals surface area contributed by atoms with Crippen LogP contribution >= 0.6 is 0 Å². The second kappa shape index (κ2) is 8.30. The lowest BCUT2D eigenvalue weighted by Crippen LogP contribution is -2.48. The van der Waals surface area contributed by atoms with Gasteiger partial charge in [-0.2, -0.15) is 0 Å². The Morgan fingerprint density at radius 1 is 0.853 bits per heavy atom.